The van der Waals surface area contributed by atoms with Gasteiger partial charge in [0.25, 0.3) is 0 Å². The summed E-state index contributed by atoms with van der Waals surface area (Å²) in [5, 5.41) is 20.9. The minimum absolute atomic E-state index is 0.0146. The summed E-state index contributed by atoms with van der Waals surface area (Å²) in [6.45, 7) is 5.09. The summed E-state index contributed by atoms with van der Waals surface area (Å²) in [5.41, 5.74) is -0.0263. The van der Waals surface area contributed by atoms with Gasteiger partial charge >= 0.3 is 5.97 Å². The van der Waals surface area contributed by atoms with Crippen LogP contribution in [-0.4, -0.2) is 45.3 Å². The van der Waals surface area contributed by atoms with E-state index in [0.717, 1.165) is 37.4 Å². The van der Waals surface area contributed by atoms with Gasteiger partial charge in [0, 0.05) is 12.6 Å². The number of hydrogen-bond acceptors (Lipinski definition) is 7. The lowest BCUT2D eigenvalue weighted by molar-refractivity contribution is -0.133. The van der Waals surface area contributed by atoms with Gasteiger partial charge < -0.3 is 15.2 Å². The number of carbonyl (C=O) groups is 1. The Morgan fingerprint density at radius 1 is 1.52 bits per heavy atom. The van der Waals surface area contributed by atoms with E-state index >= 15 is 0 Å². The summed E-state index contributed by atoms with van der Waals surface area (Å²) in [6, 6.07) is 0.337. The van der Waals surface area contributed by atoms with Crippen molar-refractivity contribution in [3.8, 4) is 0 Å². The molecule has 1 aromatic heterocycles. The van der Waals surface area contributed by atoms with Gasteiger partial charge in [0.15, 0.2) is 4.34 Å². The molecule has 2 heterocycles. The molecule has 1 saturated heterocycles. The van der Waals surface area contributed by atoms with Gasteiger partial charge in [-0.05, 0) is 25.7 Å². The topological polar surface area (TPSA) is 84.3 Å². The molecule has 0 amide bonds. The molecule has 1 unspecified atom stereocenters. The first-order valence-corrected chi connectivity index (χ1v) is 8.95. The van der Waals surface area contributed by atoms with Crippen molar-refractivity contribution in [3.63, 3.8) is 0 Å². The number of nitrogens with one attached hydrogen (secondary N) is 1. The summed E-state index contributed by atoms with van der Waals surface area (Å²) in [4.78, 5) is 10.5. The number of hydrogen-bond donors (Lipinski definition) is 2. The predicted octanol–water partition coefficient (Wildman–Crippen LogP) is 2.86. The Morgan fingerprint density at radius 3 is 2.95 bits per heavy atom. The molecular formula is C13H21N3O3S2. The van der Waals surface area contributed by atoms with Crippen molar-refractivity contribution in [1.29, 1.82) is 0 Å². The van der Waals surface area contributed by atoms with Gasteiger partial charge in [0.1, 0.15) is 0 Å². The predicted molar refractivity (Wildman–Crippen MR) is 84.2 cm³/mol. The number of aliphatic carboxylic acids is 1. The quantitative estimate of drug-likeness (QED) is 0.743. The maximum atomic E-state index is 10.5. The first-order valence-electron chi connectivity index (χ1n) is 7.15. The normalized spacial score (nSPS) is 21.1. The van der Waals surface area contributed by atoms with Crippen LogP contribution in [0.5, 0.6) is 0 Å². The van der Waals surface area contributed by atoms with E-state index < -0.39 is 5.97 Å². The second-order valence-electron chi connectivity index (χ2n) is 5.13. The second-order valence-corrected chi connectivity index (χ2v) is 7.33. The fraction of sp³-hybridized carbons (Fsp3) is 0.769. The third kappa shape index (κ3) is 4.55. The molecule has 1 fully saturated rings. The van der Waals surface area contributed by atoms with Crippen LogP contribution in [0.25, 0.3) is 0 Å². The number of aromatic nitrogens is 2. The Labute approximate surface area is 132 Å². The molecule has 0 radical (unpaired) electrons. The molecule has 1 aliphatic heterocycles. The lowest BCUT2D eigenvalue weighted by Gasteiger charge is -2.40. The standard InChI is InChI=1S/C13H21N3O3S2/c1-3-13(4-2)7-9(5-6-19-13)14-11-15-16-12(21-11)20-8-10(17)18/h9H,3-8H2,1-2H3,(H,14,15)(H,17,18). The Balaban J connectivity index is 1.90. The third-order valence-electron chi connectivity index (χ3n) is 3.83. The lowest BCUT2D eigenvalue weighted by atomic mass is 9.86. The highest BCUT2D eigenvalue weighted by Gasteiger charge is 2.34. The summed E-state index contributed by atoms with van der Waals surface area (Å²) in [6.07, 6.45) is 3.95. The van der Waals surface area contributed by atoms with E-state index in [-0.39, 0.29) is 11.4 Å². The zero-order valence-electron chi connectivity index (χ0n) is 12.3. The summed E-state index contributed by atoms with van der Waals surface area (Å²) in [7, 11) is 0. The molecule has 0 bridgehead atoms. The SMILES string of the molecule is CCC1(CC)CC(Nc2nnc(SCC(=O)O)s2)CCO1. The van der Waals surface area contributed by atoms with Crippen LogP contribution in [0.1, 0.15) is 39.5 Å². The van der Waals surface area contributed by atoms with Crippen LogP contribution in [0, 0.1) is 0 Å². The zero-order valence-corrected chi connectivity index (χ0v) is 13.9. The van der Waals surface area contributed by atoms with Crippen molar-refractivity contribution in [2.75, 3.05) is 17.7 Å². The number of nitrogens with zero attached hydrogens (tertiary/aromatic N) is 2. The molecule has 118 valence electrons. The molecule has 1 aliphatic rings. The maximum absolute atomic E-state index is 10.5. The fourth-order valence-electron chi connectivity index (χ4n) is 2.52. The highest BCUT2D eigenvalue weighted by atomic mass is 32.2. The Hall–Kier alpha value is -0.860. The van der Waals surface area contributed by atoms with Gasteiger partial charge in [0.05, 0.1) is 11.4 Å². The molecule has 2 rings (SSSR count). The van der Waals surface area contributed by atoms with Gasteiger partial charge in [-0.1, -0.05) is 36.9 Å². The summed E-state index contributed by atoms with van der Waals surface area (Å²) < 4.78 is 6.64. The number of carboxylic acid groups (broad SMARTS) is 1. The number of carboxylic acids is 1. The first-order chi connectivity index (χ1) is 10.1. The van der Waals surface area contributed by atoms with Crippen LogP contribution in [0.4, 0.5) is 5.13 Å². The third-order valence-corrected chi connectivity index (χ3v) is 5.81. The molecule has 1 atom stereocenters. The van der Waals surface area contributed by atoms with E-state index in [4.69, 9.17) is 9.84 Å². The summed E-state index contributed by atoms with van der Waals surface area (Å²) >= 11 is 2.61. The first kappa shape index (κ1) is 16.5. The van der Waals surface area contributed by atoms with Gasteiger partial charge in [-0.15, -0.1) is 10.2 Å². The Morgan fingerprint density at radius 2 is 2.29 bits per heavy atom. The minimum atomic E-state index is -0.843. The van der Waals surface area contributed by atoms with Gasteiger partial charge in [0.2, 0.25) is 5.13 Å². The van der Waals surface area contributed by atoms with Crippen molar-refractivity contribution in [2.24, 2.45) is 0 Å². The molecule has 8 heteroatoms. The molecule has 0 aromatic carbocycles. The molecule has 6 nitrogen and oxygen atoms in total. The van der Waals surface area contributed by atoms with E-state index in [1.807, 2.05) is 0 Å². The molecule has 0 aliphatic carbocycles. The average molecular weight is 331 g/mol. The van der Waals surface area contributed by atoms with E-state index in [0.29, 0.717) is 10.4 Å². The fourth-order valence-corrected chi connectivity index (χ4v) is 4.07. The van der Waals surface area contributed by atoms with Crippen molar-refractivity contribution in [2.45, 2.75) is 55.5 Å². The van der Waals surface area contributed by atoms with Crippen molar-refractivity contribution >= 4 is 34.2 Å². The number of anilines is 1. The highest BCUT2D eigenvalue weighted by Crippen LogP contribution is 2.34. The monoisotopic (exact) mass is 331 g/mol. The van der Waals surface area contributed by atoms with Gasteiger partial charge in [-0.25, -0.2) is 0 Å². The average Bonchev–Trinajstić information content (AvgIpc) is 2.93. The van der Waals surface area contributed by atoms with E-state index in [1.165, 1.54) is 23.1 Å². The van der Waals surface area contributed by atoms with Gasteiger partial charge in [-0.3, -0.25) is 4.79 Å². The molecule has 0 saturated carbocycles. The Kier molecular flexibility index (Phi) is 5.83. The molecule has 2 N–H and O–H groups in total. The van der Waals surface area contributed by atoms with Crippen LogP contribution in [0.15, 0.2) is 4.34 Å². The van der Waals surface area contributed by atoms with Crippen molar-refractivity contribution in [1.82, 2.24) is 10.2 Å². The van der Waals surface area contributed by atoms with Crippen LogP contribution in [0.3, 0.4) is 0 Å². The highest BCUT2D eigenvalue weighted by molar-refractivity contribution is 8.01. The molecule has 0 spiro atoms. The Bertz CT molecular complexity index is 477. The summed E-state index contributed by atoms with van der Waals surface area (Å²) in [5.74, 6) is -0.828. The van der Waals surface area contributed by atoms with E-state index in [9.17, 15) is 4.79 Å². The minimum Gasteiger partial charge on any atom is -0.481 e. The van der Waals surface area contributed by atoms with Crippen LogP contribution in [0.2, 0.25) is 0 Å². The van der Waals surface area contributed by atoms with Crippen LogP contribution >= 0.6 is 23.1 Å². The van der Waals surface area contributed by atoms with Crippen molar-refractivity contribution in [3.05, 3.63) is 0 Å². The smallest absolute Gasteiger partial charge is 0.313 e. The number of thioether (sulfide) groups is 1. The molecule has 21 heavy (non-hydrogen) atoms. The molecule has 1 aromatic rings. The zero-order chi connectivity index (χ0) is 15.3. The lowest BCUT2D eigenvalue weighted by Crippen LogP contribution is -2.43. The second kappa shape index (κ2) is 7.42. The largest absolute Gasteiger partial charge is 0.481 e. The molecular weight excluding hydrogens is 310 g/mol. The maximum Gasteiger partial charge on any atom is 0.313 e. The van der Waals surface area contributed by atoms with Crippen molar-refractivity contribution < 1.29 is 14.6 Å². The van der Waals surface area contributed by atoms with Gasteiger partial charge in [-0.2, -0.15) is 0 Å². The van der Waals surface area contributed by atoms with Crippen LogP contribution < -0.4 is 5.32 Å². The number of ether oxygens (including phenoxy) is 1. The van der Waals surface area contributed by atoms with E-state index in [2.05, 4.69) is 29.4 Å². The number of rotatable bonds is 7. The van der Waals surface area contributed by atoms with Crippen LogP contribution in [-0.2, 0) is 9.53 Å². The van der Waals surface area contributed by atoms with E-state index in [1.54, 1.807) is 0 Å².